The maximum absolute atomic E-state index is 12.4. The summed E-state index contributed by atoms with van der Waals surface area (Å²) in [6, 6.07) is 2.87. The molecule has 5 nitrogen and oxygen atoms in total. The zero-order chi connectivity index (χ0) is 13.4. The molecule has 0 saturated carbocycles. The Morgan fingerprint density at radius 2 is 2.11 bits per heavy atom. The molecule has 0 spiro atoms. The van der Waals surface area contributed by atoms with Crippen LogP contribution in [0.4, 0.5) is 0 Å². The molecule has 2 heterocycles. The van der Waals surface area contributed by atoms with E-state index in [-0.39, 0.29) is 11.3 Å². The maximum atomic E-state index is 12.4. The van der Waals surface area contributed by atoms with E-state index in [9.17, 15) is 9.59 Å². The normalized spacial score (nSPS) is 23.4. The highest BCUT2D eigenvalue weighted by atomic mass is 32.2. The van der Waals surface area contributed by atoms with Gasteiger partial charge >= 0.3 is 5.97 Å². The molecule has 1 saturated heterocycles. The summed E-state index contributed by atoms with van der Waals surface area (Å²) in [5.41, 5.74) is 1.51. The van der Waals surface area contributed by atoms with E-state index in [1.54, 1.807) is 10.6 Å². The van der Waals surface area contributed by atoms with Crippen LogP contribution in [0.5, 0.6) is 0 Å². The summed E-state index contributed by atoms with van der Waals surface area (Å²) >= 11 is 1.49. The number of carbonyl (C=O) groups is 2. The minimum atomic E-state index is -0.939. The van der Waals surface area contributed by atoms with Gasteiger partial charge in [-0.15, -0.1) is 11.8 Å². The second-order valence-corrected chi connectivity index (χ2v) is 5.77. The highest BCUT2D eigenvalue weighted by Gasteiger charge is 2.40. The monoisotopic (exact) mass is 268 g/mol. The summed E-state index contributed by atoms with van der Waals surface area (Å²) in [7, 11) is 1.81. The highest BCUT2D eigenvalue weighted by molar-refractivity contribution is 8.00. The van der Waals surface area contributed by atoms with Gasteiger partial charge in [0.1, 0.15) is 11.7 Å². The molecule has 0 bridgehead atoms. The number of aromatic nitrogens is 1. The average Bonchev–Trinajstić information content (AvgIpc) is 2.84. The lowest BCUT2D eigenvalue weighted by Gasteiger charge is -2.25. The predicted molar refractivity (Wildman–Crippen MR) is 69.7 cm³/mol. The second kappa shape index (κ2) is 4.68. The number of carboxylic acid groups (broad SMARTS) is 1. The van der Waals surface area contributed by atoms with Crippen molar-refractivity contribution in [1.82, 2.24) is 9.47 Å². The fourth-order valence-electron chi connectivity index (χ4n) is 2.10. The zero-order valence-corrected chi connectivity index (χ0v) is 11.4. The fourth-order valence-corrected chi connectivity index (χ4v) is 3.27. The molecule has 0 aliphatic carbocycles. The fraction of sp³-hybridized carbons (Fsp3) is 0.500. The van der Waals surface area contributed by atoms with Crippen molar-refractivity contribution in [3.63, 3.8) is 0 Å². The van der Waals surface area contributed by atoms with E-state index in [0.29, 0.717) is 11.4 Å². The minimum absolute atomic E-state index is 0.103. The van der Waals surface area contributed by atoms with Crippen LogP contribution in [0.25, 0.3) is 0 Å². The van der Waals surface area contributed by atoms with E-state index in [4.69, 9.17) is 5.11 Å². The van der Waals surface area contributed by atoms with Gasteiger partial charge in [0.15, 0.2) is 0 Å². The Kier molecular flexibility index (Phi) is 3.38. The van der Waals surface area contributed by atoms with Crippen molar-refractivity contribution in [3.05, 3.63) is 23.5 Å². The Labute approximate surface area is 110 Å². The topological polar surface area (TPSA) is 62.5 Å². The lowest BCUT2D eigenvalue weighted by molar-refractivity contribution is -0.141. The van der Waals surface area contributed by atoms with Gasteiger partial charge < -0.3 is 14.6 Å². The first-order valence-electron chi connectivity index (χ1n) is 5.73. The third kappa shape index (κ3) is 2.01. The Hall–Kier alpha value is -1.43. The number of amides is 1. The van der Waals surface area contributed by atoms with Crippen LogP contribution in [-0.2, 0) is 11.8 Å². The first-order valence-corrected chi connectivity index (χ1v) is 6.77. The van der Waals surface area contributed by atoms with E-state index in [2.05, 4.69) is 0 Å². The van der Waals surface area contributed by atoms with Crippen molar-refractivity contribution in [2.24, 2.45) is 7.05 Å². The van der Waals surface area contributed by atoms with Gasteiger partial charge in [-0.2, -0.15) is 0 Å². The molecule has 0 radical (unpaired) electrons. The Balaban J connectivity index is 2.32. The molecule has 1 aromatic heterocycles. The zero-order valence-electron chi connectivity index (χ0n) is 10.6. The summed E-state index contributed by atoms with van der Waals surface area (Å²) in [5, 5.41) is 9.05. The number of rotatable bonds is 2. The van der Waals surface area contributed by atoms with Gasteiger partial charge in [-0.05, 0) is 26.0 Å². The largest absolute Gasteiger partial charge is 0.480 e. The van der Waals surface area contributed by atoms with Gasteiger partial charge in [-0.1, -0.05) is 0 Å². The van der Waals surface area contributed by atoms with Gasteiger partial charge in [0.2, 0.25) is 0 Å². The third-order valence-electron chi connectivity index (χ3n) is 3.33. The molecule has 2 rings (SSSR count). The van der Waals surface area contributed by atoms with Crippen molar-refractivity contribution in [2.45, 2.75) is 25.3 Å². The van der Waals surface area contributed by atoms with Crippen LogP contribution in [0.3, 0.4) is 0 Å². The molecule has 18 heavy (non-hydrogen) atoms. The van der Waals surface area contributed by atoms with Crippen molar-refractivity contribution in [2.75, 3.05) is 5.75 Å². The van der Waals surface area contributed by atoms with Crippen LogP contribution in [0.1, 0.15) is 23.1 Å². The number of nitrogens with zero attached hydrogens (tertiary/aromatic N) is 2. The summed E-state index contributed by atoms with van der Waals surface area (Å²) in [4.78, 5) is 25.1. The Morgan fingerprint density at radius 3 is 2.61 bits per heavy atom. The number of thioether (sulfide) groups is 1. The van der Waals surface area contributed by atoms with Crippen molar-refractivity contribution in [1.29, 1.82) is 0 Å². The Morgan fingerprint density at radius 1 is 1.44 bits per heavy atom. The first kappa shape index (κ1) is 13.0. The van der Waals surface area contributed by atoms with Crippen molar-refractivity contribution in [3.8, 4) is 0 Å². The van der Waals surface area contributed by atoms with Crippen LogP contribution in [0, 0.1) is 6.92 Å². The molecule has 2 atom stereocenters. The molecule has 1 amide bonds. The van der Waals surface area contributed by atoms with E-state index in [1.165, 1.54) is 16.7 Å². The molecule has 0 aromatic carbocycles. The van der Waals surface area contributed by atoms with Crippen LogP contribution in [-0.4, -0.2) is 43.6 Å². The van der Waals surface area contributed by atoms with Gasteiger partial charge in [0.25, 0.3) is 5.91 Å². The molecule has 6 heteroatoms. The Bertz CT molecular complexity index is 498. The van der Waals surface area contributed by atoms with E-state index in [1.807, 2.05) is 27.0 Å². The van der Waals surface area contributed by atoms with E-state index >= 15 is 0 Å². The molecule has 2 unspecified atom stereocenters. The maximum Gasteiger partial charge on any atom is 0.327 e. The molecular formula is C12H16N2O3S. The molecular weight excluding hydrogens is 252 g/mol. The minimum Gasteiger partial charge on any atom is -0.480 e. The smallest absolute Gasteiger partial charge is 0.327 e. The predicted octanol–water partition coefficient (Wildman–Crippen LogP) is 1.32. The van der Waals surface area contributed by atoms with E-state index in [0.717, 1.165) is 5.69 Å². The molecule has 1 N–H and O–H groups in total. The van der Waals surface area contributed by atoms with Gasteiger partial charge in [-0.3, -0.25) is 4.79 Å². The molecule has 1 aliphatic rings. The number of carboxylic acids is 1. The molecule has 98 valence electrons. The first-order chi connectivity index (χ1) is 8.43. The van der Waals surface area contributed by atoms with Crippen molar-refractivity contribution < 1.29 is 14.7 Å². The SMILES string of the molecule is Cc1ccc(C(=O)N2C(C)SCC2C(=O)O)n1C. The second-order valence-electron chi connectivity index (χ2n) is 4.42. The lowest BCUT2D eigenvalue weighted by atomic mass is 10.2. The summed E-state index contributed by atoms with van der Waals surface area (Å²) in [6.45, 7) is 3.77. The van der Waals surface area contributed by atoms with Crippen LogP contribution < -0.4 is 0 Å². The number of hydrogen-bond acceptors (Lipinski definition) is 3. The summed E-state index contributed by atoms with van der Waals surface area (Å²) in [5.74, 6) is -0.701. The summed E-state index contributed by atoms with van der Waals surface area (Å²) < 4.78 is 1.79. The van der Waals surface area contributed by atoms with Crippen LogP contribution >= 0.6 is 11.8 Å². The van der Waals surface area contributed by atoms with Gasteiger partial charge in [0.05, 0.1) is 5.37 Å². The molecule has 1 aromatic rings. The quantitative estimate of drug-likeness (QED) is 0.878. The third-order valence-corrected chi connectivity index (χ3v) is 4.55. The standard InChI is InChI=1S/C12H16N2O3S/c1-7-4-5-9(13(7)3)11(15)14-8(2)18-6-10(14)12(16)17/h4-5,8,10H,6H2,1-3H3,(H,16,17). The van der Waals surface area contributed by atoms with Crippen LogP contribution in [0.15, 0.2) is 12.1 Å². The number of aliphatic carboxylic acids is 1. The lowest BCUT2D eigenvalue weighted by Crippen LogP contribution is -2.45. The van der Waals surface area contributed by atoms with Crippen molar-refractivity contribution >= 4 is 23.6 Å². The summed E-state index contributed by atoms with van der Waals surface area (Å²) in [6.07, 6.45) is 0. The number of hydrogen-bond donors (Lipinski definition) is 1. The highest BCUT2D eigenvalue weighted by Crippen LogP contribution is 2.30. The van der Waals surface area contributed by atoms with Gasteiger partial charge in [-0.25, -0.2) is 4.79 Å². The number of aryl methyl sites for hydroxylation is 1. The molecule has 1 aliphatic heterocycles. The molecule has 1 fully saturated rings. The number of carbonyl (C=O) groups excluding carboxylic acids is 1. The van der Waals surface area contributed by atoms with Crippen LogP contribution in [0.2, 0.25) is 0 Å². The van der Waals surface area contributed by atoms with Gasteiger partial charge in [0, 0.05) is 18.5 Å². The van der Waals surface area contributed by atoms with E-state index < -0.39 is 12.0 Å². The average molecular weight is 268 g/mol.